The van der Waals surface area contributed by atoms with Crippen LogP contribution in [0.1, 0.15) is 38.3 Å². The van der Waals surface area contributed by atoms with Gasteiger partial charge in [-0.15, -0.1) is 0 Å². The molecule has 0 saturated carbocycles. The Morgan fingerprint density at radius 3 is 2.48 bits per heavy atom. The van der Waals surface area contributed by atoms with E-state index in [1.807, 2.05) is 59.2 Å². The van der Waals surface area contributed by atoms with Crippen molar-refractivity contribution in [3.05, 3.63) is 60.2 Å². The topological polar surface area (TPSA) is 76.0 Å². The minimum atomic E-state index is -0.382. The van der Waals surface area contributed by atoms with Crippen molar-refractivity contribution in [3.63, 3.8) is 0 Å². The number of nitrogens with zero attached hydrogens (tertiary/aromatic N) is 2. The molecule has 1 atom stereocenters. The molecular weight excluding hydrogens is 340 g/mol. The van der Waals surface area contributed by atoms with Crippen LogP contribution in [0.4, 0.5) is 5.95 Å². The Morgan fingerprint density at radius 1 is 1.07 bits per heavy atom. The van der Waals surface area contributed by atoms with E-state index in [2.05, 4.69) is 22.5 Å². The molecule has 2 N–H and O–H groups in total. The number of hydrogen-bond donors (Lipinski definition) is 2. The lowest BCUT2D eigenvalue weighted by Gasteiger charge is -2.18. The monoisotopic (exact) mass is 364 g/mol. The average Bonchev–Trinajstić information content (AvgIpc) is 2.99. The maximum absolute atomic E-state index is 12.7. The fourth-order valence-electron chi connectivity index (χ4n) is 3.16. The van der Waals surface area contributed by atoms with E-state index in [1.165, 1.54) is 6.92 Å². The molecule has 0 unspecified atom stereocenters. The molecule has 0 radical (unpaired) electrons. The summed E-state index contributed by atoms with van der Waals surface area (Å²) in [4.78, 5) is 28.8. The van der Waals surface area contributed by atoms with Crippen LogP contribution >= 0.6 is 0 Å². The summed E-state index contributed by atoms with van der Waals surface area (Å²) in [6, 6.07) is 16.9. The molecule has 140 valence electrons. The highest BCUT2D eigenvalue weighted by molar-refractivity contribution is 5.92. The predicted octanol–water partition coefficient (Wildman–Crippen LogP) is 3.65. The minimum Gasteiger partial charge on any atom is -0.349 e. The molecule has 2 aromatic carbocycles. The van der Waals surface area contributed by atoms with Gasteiger partial charge in [-0.25, -0.2) is 4.98 Å². The minimum absolute atomic E-state index is 0.138. The Morgan fingerprint density at radius 2 is 1.78 bits per heavy atom. The molecule has 0 bridgehead atoms. The fraction of sp³-hybridized carbons (Fsp3) is 0.286. The molecule has 3 rings (SSSR count). The van der Waals surface area contributed by atoms with Crippen molar-refractivity contribution in [2.24, 2.45) is 0 Å². The molecular formula is C21H24N4O2. The lowest BCUT2D eigenvalue weighted by Crippen LogP contribution is -2.30. The number of nitrogens with one attached hydrogen (secondary N) is 2. The summed E-state index contributed by atoms with van der Waals surface area (Å²) in [6.45, 7) is 4.31. The van der Waals surface area contributed by atoms with Gasteiger partial charge in [-0.3, -0.25) is 14.9 Å². The van der Waals surface area contributed by atoms with Crippen LogP contribution < -0.4 is 10.6 Å². The Kier molecular flexibility index (Phi) is 5.86. The van der Waals surface area contributed by atoms with Crippen LogP contribution in [0.5, 0.6) is 0 Å². The van der Waals surface area contributed by atoms with Crippen LogP contribution in [0.3, 0.4) is 0 Å². The van der Waals surface area contributed by atoms with Crippen molar-refractivity contribution >= 4 is 28.8 Å². The van der Waals surface area contributed by atoms with E-state index in [9.17, 15) is 9.59 Å². The summed E-state index contributed by atoms with van der Waals surface area (Å²) in [6.07, 6.45) is 1.07. The highest BCUT2D eigenvalue weighted by Crippen LogP contribution is 2.22. The molecule has 1 heterocycles. The molecule has 0 saturated heterocycles. The van der Waals surface area contributed by atoms with Crippen LogP contribution in [0.25, 0.3) is 11.0 Å². The second-order valence-electron chi connectivity index (χ2n) is 6.49. The molecule has 2 amide bonds. The summed E-state index contributed by atoms with van der Waals surface area (Å²) in [5.74, 6) is 0.179. The van der Waals surface area contributed by atoms with E-state index >= 15 is 0 Å². The standard InChI is InChI=1S/C21H24N4O2/c1-3-13-25-19-12-8-7-11-17(19)23-21(25)24-20(27)14-18(22-15(2)26)16-9-5-4-6-10-16/h4-12,18H,3,13-14H2,1-2H3,(H,22,26)(H,23,24,27)/t18-/m1/s1. The third-order valence-corrected chi connectivity index (χ3v) is 4.32. The normalized spacial score (nSPS) is 11.9. The number of para-hydroxylation sites is 2. The molecule has 0 aliphatic carbocycles. The molecule has 6 nitrogen and oxygen atoms in total. The summed E-state index contributed by atoms with van der Waals surface area (Å²) in [7, 11) is 0. The number of carbonyl (C=O) groups is 2. The zero-order valence-electron chi connectivity index (χ0n) is 15.6. The van der Waals surface area contributed by atoms with E-state index < -0.39 is 0 Å². The van der Waals surface area contributed by atoms with Crippen LogP contribution in [-0.4, -0.2) is 21.4 Å². The Hall–Kier alpha value is -3.15. The molecule has 3 aromatic rings. The van der Waals surface area contributed by atoms with E-state index in [0.717, 1.165) is 29.6 Å². The zero-order valence-corrected chi connectivity index (χ0v) is 15.6. The van der Waals surface area contributed by atoms with Crippen molar-refractivity contribution in [1.29, 1.82) is 0 Å². The summed E-state index contributed by atoms with van der Waals surface area (Å²) in [5, 5.41) is 5.77. The number of fused-ring (bicyclic) bond motifs is 1. The van der Waals surface area contributed by atoms with Gasteiger partial charge >= 0.3 is 0 Å². The summed E-state index contributed by atoms with van der Waals surface area (Å²) < 4.78 is 2.02. The number of aryl methyl sites for hydroxylation is 1. The van der Waals surface area contributed by atoms with Gasteiger partial charge in [0.05, 0.1) is 23.5 Å². The van der Waals surface area contributed by atoms with Gasteiger partial charge in [0.1, 0.15) is 0 Å². The molecule has 0 spiro atoms. The Balaban J connectivity index is 1.80. The number of amides is 2. The van der Waals surface area contributed by atoms with Crippen LogP contribution in [-0.2, 0) is 16.1 Å². The predicted molar refractivity (Wildman–Crippen MR) is 106 cm³/mol. The number of benzene rings is 2. The summed E-state index contributed by atoms with van der Waals surface area (Å²) >= 11 is 0. The average molecular weight is 364 g/mol. The van der Waals surface area contributed by atoms with Gasteiger partial charge in [-0.05, 0) is 24.1 Å². The first kappa shape index (κ1) is 18.6. The molecule has 27 heavy (non-hydrogen) atoms. The summed E-state index contributed by atoms with van der Waals surface area (Å²) in [5.41, 5.74) is 2.74. The van der Waals surface area contributed by atoms with Gasteiger partial charge < -0.3 is 9.88 Å². The van der Waals surface area contributed by atoms with Gasteiger partial charge in [0.25, 0.3) is 0 Å². The number of imidazole rings is 1. The zero-order chi connectivity index (χ0) is 19.2. The van der Waals surface area contributed by atoms with Crippen LogP contribution in [0.2, 0.25) is 0 Å². The fourth-order valence-corrected chi connectivity index (χ4v) is 3.16. The maximum Gasteiger partial charge on any atom is 0.229 e. The molecule has 1 aromatic heterocycles. The SMILES string of the molecule is CCCn1c(NC(=O)C[C@@H](NC(C)=O)c2ccccc2)nc2ccccc21. The van der Waals surface area contributed by atoms with E-state index in [1.54, 1.807) is 0 Å². The second-order valence-corrected chi connectivity index (χ2v) is 6.49. The van der Waals surface area contributed by atoms with Crippen LogP contribution in [0.15, 0.2) is 54.6 Å². The molecule has 6 heteroatoms. The van der Waals surface area contributed by atoms with Crippen molar-refractivity contribution in [1.82, 2.24) is 14.9 Å². The van der Waals surface area contributed by atoms with E-state index in [0.29, 0.717) is 5.95 Å². The highest BCUT2D eigenvalue weighted by Gasteiger charge is 2.19. The first-order chi connectivity index (χ1) is 13.1. The first-order valence-electron chi connectivity index (χ1n) is 9.15. The van der Waals surface area contributed by atoms with Gasteiger partial charge in [-0.1, -0.05) is 49.4 Å². The number of carbonyl (C=O) groups excluding carboxylic acids is 2. The largest absolute Gasteiger partial charge is 0.349 e. The van der Waals surface area contributed by atoms with Gasteiger partial charge in [0.15, 0.2) is 0 Å². The Labute approximate surface area is 158 Å². The quantitative estimate of drug-likeness (QED) is 0.672. The van der Waals surface area contributed by atoms with Gasteiger partial charge in [-0.2, -0.15) is 0 Å². The third kappa shape index (κ3) is 4.53. The number of rotatable bonds is 7. The molecule has 0 fully saturated rings. The maximum atomic E-state index is 12.7. The van der Waals surface area contributed by atoms with Gasteiger partial charge in [0.2, 0.25) is 17.8 Å². The first-order valence-corrected chi connectivity index (χ1v) is 9.15. The number of anilines is 1. The molecule has 0 aliphatic rings. The number of aromatic nitrogens is 2. The van der Waals surface area contributed by atoms with Gasteiger partial charge in [0, 0.05) is 13.5 Å². The van der Waals surface area contributed by atoms with Crippen molar-refractivity contribution in [3.8, 4) is 0 Å². The highest BCUT2D eigenvalue weighted by atomic mass is 16.2. The van der Waals surface area contributed by atoms with Crippen molar-refractivity contribution in [2.45, 2.75) is 39.3 Å². The lowest BCUT2D eigenvalue weighted by atomic mass is 10.0. The second kappa shape index (κ2) is 8.49. The lowest BCUT2D eigenvalue weighted by molar-refractivity contribution is -0.120. The van der Waals surface area contributed by atoms with Crippen molar-refractivity contribution in [2.75, 3.05) is 5.32 Å². The number of hydrogen-bond acceptors (Lipinski definition) is 3. The molecule has 0 aliphatic heterocycles. The van der Waals surface area contributed by atoms with Crippen molar-refractivity contribution < 1.29 is 9.59 Å². The van der Waals surface area contributed by atoms with Crippen LogP contribution in [0, 0.1) is 0 Å². The van der Waals surface area contributed by atoms with E-state index in [-0.39, 0.29) is 24.3 Å². The Bertz CT molecular complexity index is 934. The smallest absolute Gasteiger partial charge is 0.229 e. The van der Waals surface area contributed by atoms with E-state index in [4.69, 9.17) is 0 Å². The third-order valence-electron chi connectivity index (χ3n) is 4.32.